The largest absolute Gasteiger partial charge is 0.355 e. The molecule has 0 spiro atoms. The van der Waals surface area contributed by atoms with E-state index in [4.69, 9.17) is 0 Å². The molecular weight excluding hydrogens is 212 g/mol. The molecule has 3 nitrogen and oxygen atoms in total. The molecule has 2 aliphatic carbocycles. The number of nitrogens with zero attached hydrogens (tertiary/aromatic N) is 1. The van der Waals surface area contributed by atoms with Crippen LogP contribution in [0.4, 0.5) is 0 Å². The Morgan fingerprint density at radius 3 is 2.76 bits per heavy atom. The smallest absolute Gasteiger partial charge is 0.234 e. The molecule has 0 aromatic rings. The fraction of sp³-hybridized carbons (Fsp3) is 0.786. The summed E-state index contributed by atoms with van der Waals surface area (Å²) >= 11 is 0. The lowest BCUT2D eigenvalue weighted by atomic mass is 9.94. The average Bonchev–Trinajstić information content (AvgIpc) is 3.19. The molecule has 1 saturated carbocycles. The van der Waals surface area contributed by atoms with E-state index in [-0.39, 0.29) is 5.91 Å². The van der Waals surface area contributed by atoms with Crippen molar-refractivity contribution in [2.24, 2.45) is 5.92 Å². The van der Waals surface area contributed by atoms with Crippen molar-refractivity contribution in [3.05, 3.63) is 12.2 Å². The van der Waals surface area contributed by atoms with Crippen LogP contribution in [0.3, 0.4) is 0 Å². The van der Waals surface area contributed by atoms with Crippen LogP contribution in [0, 0.1) is 5.92 Å². The lowest BCUT2D eigenvalue weighted by Gasteiger charge is -2.21. The van der Waals surface area contributed by atoms with Crippen molar-refractivity contribution in [1.29, 1.82) is 0 Å². The van der Waals surface area contributed by atoms with Gasteiger partial charge in [0.25, 0.3) is 0 Å². The minimum atomic E-state index is 0.202. The van der Waals surface area contributed by atoms with E-state index in [0.717, 1.165) is 19.5 Å². The molecule has 2 aliphatic rings. The molecule has 0 aromatic heterocycles. The van der Waals surface area contributed by atoms with Crippen LogP contribution in [0.5, 0.6) is 0 Å². The summed E-state index contributed by atoms with van der Waals surface area (Å²) in [5.41, 5.74) is 0. The molecule has 0 bridgehead atoms. The maximum Gasteiger partial charge on any atom is 0.234 e. The molecule has 0 aromatic carbocycles. The topological polar surface area (TPSA) is 32.3 Å². The minimum absolute atomic E-state index is 0.202. The molecule has 0 heterocycles. The lowest BCUT2D eigenvalue weighted by molar-refractivity contribution is -0.122. The van der Waals surface area contributed by atoms with Gasteiger partial charge in [-0.05, 0) is 44.6 Å². The van der Waals surface area contributed by atoms with E-state index in [1.54, 1.807) is 0 Å². The highest BCUT2D eigenvalue weighted by Crippen LogP contribution is 2.26. The maximum atomic E-state index is 11.8. The van der Waals surface area contributed by atoms with Crippen molar-refractivity contribution in [2.75, 3.05) is 19.6 Å². The van der Waals surface area contributed by atoms with Gasteiger partial charge in [0.05, 0.1) is 6.54 Å². The zero-order valence-corrected chi connectivity index (χ0v) is 10.8. The zero-order valence-electron chi connectivity index (χ0n) is 10.8. The molecule has 96 valence electrons. The highest BCUT2D eigenvalue weighted by Gasteiger charge is 2.28. The number of carbonyl (C=O) groups is 1. The van der Waals surface area contributed by atoms with Gasteiger partial charge in [-0.2, -0.15) is 0 Å². The van der Waals surface area contributed by atoms with Crippen LogP contribution in [0.15, 0.2) is 12.2 Å². The Kier molecular flexibility index (Phi) is 4.60. The molecule has 3 heteroatoms. The standard InChI is InChI=1S/C14H24N2O/c1-2-16(13-8-9-13)11-14(17)15-10-12-6-4-3-5-7-12/h3-4,12-13H,2,5-11H2,1H3,(H,15,17)/t12-/m1/s1. The number of allylic oxidation sites excluding steroid dienone is 2. The number of hydrogen-bond acceptors (Lipinski definition) is 2. The second kappa shape index (κ2) is 6.20. The van der Waals surface area contributed by atoms with Crippen molar-refractivity contribution < 1.29 is 4.79 Å². The minimum Gasteiger partial charge on any atom is -0.355 e. The summed E-state index contributed by atoms with van der Waals surface area (Å²) in [6, 6.07) is 0.684. The third-order valence-corrected chi connectivity index (χ3v) is 3.78. The summed E-state index contributed by atoms with van der Waals surface area (Å²) in [4.78, 5) is 14.1. The molecule has 1 N–H and O–H groups in total. The van der Waals surface area contributed by atoms with E-state index in [1.165, 1.54) is 25.7 Å². The third-order valence-electron chi connectivity index (χ3n) is 3.78. The summed E-state index contributed by atoms with van der Waals surface area (Å²) in [6.45, 7) is 4.57. The average molecular weight is 236 g/mol. The first-order valence-corrected chi connectivity index (χ1v) is 6.95. The van der Waals surface area contributed by atoms with Crippen molar-refractivity contribution in [1.82, 2.24) is 10.2 Å². The first-order chi connectivity index (χ1) is 8.29. The first kappa shape index (κ1) is 12.6. The zero-order chi connectivity index (χ0) is 12.1. The first-order valence-electron chi connectivity index (χ1n) is 6.95. The maximum absolute atomic E-state index is 11.8. The number of rotatable bonds is 6. The predicted octanol–water partition coefficient (Wildman–Crippen LogP) is 1.94. The number of carbonyl (C=O) groups excluding carboxylic acids is 1. The molecule has 0 aliphatic heterocycles. The monoisotopic (exact) mass is 236 g/mol. The van der Waals surface area contributed by atoms with Gasteiger partial charge in [0, 0.05) is 12.6 Å². The third kappa shape index (κ3) is 4.15. The van der Waals surface area contributed by atoms with Gasteiger partial charge in [0.1, 0.15) is 0 Å². The van der Waals surface area contributed by atoms with Crippen molar-refractivity contribution >= 4 is 5.91 Å². The van der Waals surface area contributed by atoms with E-state index < -0.39 is 0 Å². The number of nitrogens with one attached hydrogen (secondary N) is 1. The molecule has 2 rings (SSSR count). The molecule has 0 unspecified atom stereocenters. The van der Waals surface area contributed by atoms with Crippen LogP contribution in [-0.2, 0) is 4.79 Å². The highest BCUT2D eigenvalue weighted by molar-refractivity contribution is 5.78. The summed E-state index contributed by atoms with van der Waals surface area (Å²) < 4.78 is 0. The second-order valence-corrected chi connectivity index (χ2v) is 5.25. The quantitative estimate of drug-likeness (QED) is 0.715. The van der Waals surface area contributed by atoms with E-state index in [0.29, 0.717) is 18.5 Å². The number of hydrogen-bond donors (Lipinski definition) is 1. The Bertz CT molecular complexity index is 284. The van der Waals surface area contributed by atoms with Crippen LogP contribution < -0.4 is 5.32 Å². The van der Waals surface area contributed by atoms with Gasteiger partial charge >= 0.3 is 0 Å². The number of amides is 1. The summed E-state index contributed by atoms with van der Waals surface area (Å²) in [5, 5.41) is 3.09. The molecule has 1 amide bonds. The van der Waals surface area contributed by atoms with Crippen LogP contribution in [0.2, 0.25) is 0 Å². The Morgan fingerprint density at radius 1 is 1.35 bits per heavy atom. The van der Waals surface area contributed by atoms with Gasteiger partial charge in [-0.25, -0.2) is 0 Å². The Balaban J connectivity index is 1.64. The molecule has 1 fully saturated rings. The van der Waals surface area contributed by atoms with E-state index in [1.807, 2.05) is 0 Å². The molecule has 1 atom stereocenters. The van der Waals surface area contributed by atoms with Gasteiger partial charge in [-0.3, -0.25) is 9.69 Å². The highest BCUT2D eigenvalue weighted by atomic mass is 16.2. The number of likely N-dealkylation sites (N-methyl/N-ethyl adjacent to an activating group) is 1. The second-order valence-electron chi connectivity index (χ2n) is 5.25. The van der Waals surface area contributed by atoms with Gasteiger partial charge in [0.15, 0.2) is 0 Å². The van der Waals surface area contributed by atoms with Gasteiger partial charge in [-0.15, -0.1) is 0 Å². The van der Waals surface area contributed by atoms with Gasteiger partial charge in [0.2, 0.25) is 5.91 Å². The van der Waals surface area contributed by atoms with E-state index in [2.05, 4.69) is 29.3 Å². The van der Waals surface area contributed by atoms with Gasteiger partial charge < -0.3 is 5.32 Å². The molecule has 0 radical (unpaired) electrons. The Morgan fingerprint density at radius 2 is 2.18 bits per heavy atom. The van der Waals surface area contributed by atoms with Crippen molar-refractivity contribution in [3.63, 3.8) is 0 Å². The fourth-order valence-electron chi connectivity index (χ4n) is 2.48. The summed E-state index contributed by atoms with van der Waals surface area (Å²) in [6.07, 6.45) is 10.5. The lowest BCUT2D eigenvalue weighted by Crippen LogP contribution is -2.40. The Hall–Kier alpha value is -0.830. The van der Waals surface area contributed by atoms with Gasteiger partial charge in [-0.1, -0.05) is 19.1 Å². The predicted molar refractivity (Wildman–Crippen MR) is 69.8 cm³/mol. The van der Waals surface area contributed by atoms with E-state index >= 15 is 0 Å². The SMILES string of the molecule is CCN(CC(=O)NC[C@@H]1CC=CCC1)C1CC1. The molecule has 17 heavy (non-hydrogen) atoms. The summed E-state index contributed by atoms with van der Waals surface area (Å²) in [5.74, 6) is 0.855. The van der Waals surface area contributed by atoms with Crippen LogP contribution >= 0.6 is 0 Å². The van der Waals surface area contributed by atoms with Crippen LogP contribution in [0.1, 0.15) is 39.0 Å². The van der Waals surface area contributed by atoms with Crippen molar-refractivity contribution in [2.45, 2.75) is 45.1 Å². The van der Waals surface area contributed by atoms with E-state index in [9.17, 15) is 4.79 Å². The fourth-order valence-corrected chi connectivity index (χ4v) is 2.48. The van der Waals surface area contributed by atoms with Crippen LogP contribution in [-0.4, -0.2) is 36.5 Å². The normalized spacial score (nSPS) is 24.0. The van der Waals surface area contributed by atoms with Crippen LogP contribution in [0.25, 0.3) is 0 Å². The summed E-state index contributed by atoms with van der Waals surface area (Å²) in [7, 11) is 0. The van der Waals surface area contributed by atoms with Crippen molar-refractivity contribution in [3.8, 4) is 0 Å². The molecule has 0 saturated heterocycles. The Labute approximate surface area is 104 Å². The molecular formula is C14H24N2O.